The molecule has 3 aromatic carbocycles. The van der Waals surface area contributed by atoms with Gasteiger partial charge in [-0.2, -0.15) is 8.78 Å². The molecule has 1 unspecified atom stereocenters. The van der Waals surface area contributed by atoms with Crippen molar-refractivity contribution >= 4 is 29.1 Å². The van der Waals surface area contributed by atoms with Crippen molar-refractivity contribution in [3.63, 3.8) is 0 Å². The molecular weight excluding hydrogens is 564 g/mol. The van der Waals surface area contributed by atoms with Gasteiger partial charge >= 0.3 is 6.61 Å². The van der Waals surface area contributed by atoms with Crippen LogP contribution in [0.4, 0.5) is 13.2 Å². The summed E-state index contributed by atoms with van der Waals surface area (Å²) in [6, 6.07) is 13.3. The highest BCUT2D eigenvalue weighted by atomic mass is 35.5. The maximum absolute atomic E-state index is 13.9. The zero-order chi connectivity index (χ0) is 28.6. The largest absolute Gasteiger partial charge is 0.434 e. The maximum atomic E-state index is 13.9. The average molecular weight is 589 g/mol. The van der Waals surface area contributed by atoms with Crippen molar-refractivity contribution in [2.75, 3.05) is 0 Å². The normalized spacial score (nSPS) is 13.9. The molecule has 0 spiro atoms. The molecule has 1 amide bonds. The summed E-state index contributed by atoms with van der Waals surface area (Å²) in [5.74, 6) is -1.23. The Balaban J connectivity index is 1.55. The van der Waals surface area contributed by atoms with Gasteiger partial charge in [-0.25, -0.2) is 4.39 Å². The van der Waals surface area contributed by atoms with E-state index in [1.165, 1.54) is 6.07 Å². The van der Waals surface area contributed by atoms with E-state index in [0.717, 1.165) is 30.5 Å². The molecule has 208 valence electrons. The van der Waals surface area contributed by atoms with Crippen molar-refractivity contribution in [3.8, 4) is 16.9 Å². The Kier molecular flexibility index (Phi) is 7.96. The van der Waals surface area contributed by atoms with E-state index in [0.29, 0.717) is 21.2 Å². The first-order valence-electron chi connectivity index (χ1n) is 12.5. The third kappa shape index (κ3) is 6.21. The summed E-state index contributed by atoms with van der Waals surface area (Å²) in [4.78, 5) is 13.7. The van der Waals surface area contributed by atoms with Crippen molar-refractivity contribution < 1.29 is 22.7 Å². The summed E-state index contributed by atoms with van der Waals surface area (Å²) in [7, 11) is 1.74. The van der Waals surface area contributed by atoms with Crippen LogP contribution in [0, 0.1) is 17.1 Å². The van der Waals surface area contributed by atoms with Crippen LogP contribution < -0.4 is 15.7 Å². The first-order valence-corrected chi connectivity index (χ1v) is 13.3. The summed E-state index contributed by atoms with van der Waals surface area (Å²) < 4.78 is 48.2. The van der Waals surface area contributed by atoms with Gasteiger partial charge in [-0.1, -0.05) is 29.3 Å². The summed E-state index contributed by atoms with van der Waals surface area (Å²) in [5.41, 5.74) is 2.55. The zero-order valence-electron chi connectivity index (χ0n) is 21.3. The number of nitrogens with one attached hydrogen (secondary N) is 2. The van der Waals surface area contributed by atoms with E-state index in [4.69, 9.17) is 28.6 Å². The fourth-order valence-corrected chi connectivity index (χ4v) is 4.99. The van der Waals surface area contributed by atoms with Gasteiger partial charge in [-0.05, 0) is 77.9 Å². The maximum Gasteiger partial charge on any atom is 0.387 e. The predicted octanol–water partition coefficient (Wildman–Crippen LogP) is 6.95. The first-order chi connectivity index (χ1) is 19.1. The number of nitrogens with zero attached hydrogens (tertiary/aromatic N) is 2. The average Bonchev–Trinajstić information content (AvgIpc) is 3.70. The zero-order valence-corrected chi connectivity index (χ0v) is 22.8. The van der Waals surface area contributed by atoms with Gasteiger partial charge in [-0.15, -0.1) is 0 Å². The SMILES string of the molecule is Cn1ccn(Cc2cc(C(=O)NC(c3ccc(Cl)c(Cl)c3)C3CC3)cc(-c3ccc(F)cc3OC(F)F)c2)c1=N. The second-order valence-electron chi connectivity index (χ2n) is 9.76. The Bertz CT molecular complexity index is 1630. The molecule has 2 N–H and O–H groups in total. The van der Waals surface area contributed by atoms with Crippen LogP contribution in [0.5, 0.6) is 5.75 Å². The molecule has 1 aliphatic rings. The lowest BCUT2D eigenvalue weighted by Crippen LogP contribution is -2.30. The van der Waals surface area contributed by atoms with Gasteiger partial charge in [0.15, 0.2) is 0 Å². The molecule has 4 aromatic rings. The quantitative estimate of drug-likeness (QED) is 0.222. The van der Waals surface area contributed by atoms with E-state index in [1.807, 2.05) is 6.07 Å². The molecule has 1 saturated carbocycles. The minimum atomic E-state index is -3.16. The number of hydrogen-bond acceptors (Lipinski definition) is 3. The Hall–Kier alpha value is -3.69. The highest BCUT2D eigenvalue weighted by Gasteiger charge is 2.34. The number of carbonyl (C=O) groups excluding carboxylic acids is 1. The Morgan fingerprint density at radius 3 is 2.50 bits per heavy atom. The number of alkyl halides is 2. The molecular formula is C29H25Cl2F3N4O2. The van der Waals surface area contributed by atoms with Crippen LogP contribution in [-0.4, -0.2) is 21.7 Å². The number of carbonyl (C=O) groups is 1. The number of imidazole rings is 1. The number of rotatable bonds is 9. The Labute approximate surface area is 238 Å². The second kappa shape index (κ2) is 11.4. The van der Waals surface area contributed by atoms with Gasteiger partial charge in [0.1, 0.15) is 11.6 Å². The third-order valence-electron chi connectivity index (χ3n) is 6.84. The molecule has 11 heteroatoms. The smallest absolute Gasteiger partial charge is 0.387 e. The van der Waals surface area contributed by atoms with Gasteiger partial charge in [-0.3, -0.25) is 10.2 Å². The minimum absolute atomic E-state index is 0.199. The number of ether oxygens (including phenoxy) is 1. The monoisotopic (exact) mass is 588 g/mol. The molecule has 1 fully saturated rings. The van der Waals surface area contributed by atoms with Crippen LogP contribution in [0.15, 0.2) is 67.0 Å². The van der Waals surface area contributed by atoms with Crippen molar-refractivity contribution in [3.05, 3.63) is 105 Å². The molecule has 0 bridgehead atoms. The number of aromatic nitrogens is 2. The van der Waals surface area contributed by atoms with Gasteiger partial charge in [0.2, 0.25) is 5.62 Å². The van der Waals surface area contributed by atoms with E-state index < -0.39 is 12.4 Å². The highest BCUT2D eigenvalue weighted by Crippen LogP contribution is 2.42. The van der Waals surface area contributed by atoms with Gasteiger partial charge < -0.3 is 19.2 Å². The summed E-state index contributed by atoms with van der Waals surface area (Å²) >= 11 is 12.3. The number of amides is 1. The molecule has 0 radical (unpaired) electrons. The molecule has 5 rings (SSSR count). The lowest BCUT2D eigenvalue weighted by atomic mass is 9.97. The fraction of sp³-hybridized carbons (Fsp3) is 0.241. The summed E-state index contributed by atoms with van der Waals surface area (Å²) in [5, 5.41) is 12.2. The van der Waals surface area contributed by atoms with Crippen LogP contribution in [-0.2, 0) is 13.6 Å². The standard InChI is InChI=1S/C29H25Cl2F3N4O2/c1-37-8-9-38(29(37)35)15-16-10-19(22-6-5-21(32)14-25(22)40-28(33)34)12-20(11-16)27(39)36-26(17-2-3-17)18-4-7-23(30)24(31)13-18/h4-14,17,26,28,35H,2-3,15H2,1H3,(H,36,39). The van der Waals surface area contributed by atoms with E-state index >= 15 is 0 Å². The van der Waals surface area contributed by atoms with E-state index in [1.54, 1.807) is 58.9 Å². The third-order valence-corrected chi connectivity index (χ3v) is 7.58. The summed E-state index contributed by atoms with van der Waals surface area (Å²) in [6.45, 7) is -2.93. The van der Waals surface area contributed by atoms with E-state index in [-0.39, 0.29) is 46.9 Å². The highest BCUT2D eigenvalue weighted by molar-refractivity contribution is 6.42. The molecule has 1 aromatic heterocycles. The van der Waals surface area contributed by atoms with E-state index in [2.05, 4.69) is 10.1 Å². The van der Waals surface area contributed by atoms with Crippen LogP contribution in [0.1, 0.15) is 40.4 Å². The predicted molar refractivity (Wildman–Crippen MR) is 146 cm³/mol. The molecule has 1 heterocycles. The summed E-state index contributed by atoms with van der Waals surface area (Å²) in [6.07, 6.45) is 5.34. The Morgan fingerprint density at radius 1 is 1.07 bits per heavy atom. The fourth-order valence-electron chi connectivity index (χ4n) is 4.68. The second-order valence-corrected chi connectivity index (χ2v) is 10.6. The molecule has 40 heavy (non-hydrogen) atoms. The number of benzene rings is 3. The van der Waals surface area contributed by atoms with Gasteiger partial charge in [0.05, 0.1) is 22.6 Å². The van der Waals surface area contributed by atoms with Crippen LogP contribution in [0.3, 0.4) is 0 Å². The van der Waals surface area contributed by atoms with Gasteiger partial charge in [0.25, 0.3) is 5.91 Å². The van der Waals surface area contributed by atoms with Crippen LogP contribution in [0.2, 0.25) is 10.0 Å². The van der Waals surface area contributed by atoms with Crippen molar-refractivity contribution in [1.82, 2.24) is 14.5 Å². The number of aryl methyl sites for hydroxylation is 1. The van der Waals surface area contributed by atoms with Crippen molar-refractivity contribution in [1.29, 1.82) is 5.41 Å². The molecule has 6 nitrogen and oxygen atoms in total. The molecule has 0 saturated heterocycles. The first kappa shape index (κ1) is 27.9. The van der Waals surface area contributed by atoms with E-state index in [9.17, 15) is 18.0 Å². The van der Waals surface area contributed by atoms with Crippen molar-refractivity contribution in [2.45, 2.75) is 32.0 Å². The minimum Gasteiger partial charge on any atom is -0.434 e. The molecule has 1 atom stereocenters. The number of hydrogen-bond donors (Lipinski definition) is 2. The van der Waals surface area contributed by atoms with Crippen molar-refractivity contribution in [2.24, 2.45) is 13.0 Å². The van der Waals surface area contributed by atoms with Crippen LogP contribution in [0.25, 0.3) is 11.1 Å². The number of halogens is 5. The van der Waals surface area contributed by atoms with Gasteiger partial charge in [0, 0.05) is 36.6 Å². The molecule has 1 aliphatic carbocycles. The lowest BCUT2D eigenvalue weighted by molar-refractivity contribution is -0.0496. The Morgan fingerprint density at radius 2 is 1.85 bits per heavy atom. The molecule has 0 aliphatic heterocycles. The lowest BCUT2D eigenvalue weighted by Gasteiger charge is -2.20. The van der Waals surface area contributed by atoms with Crippen LogP contribution >= 0.6 is 23.2 Å². The topological polar surface area (TPSA) is 72.0 Å².